The predicted molar refractivity (Wildman–Crippen MR) is 72.4 cm³/mol. The highest BCUT2D eigenvalue weighted by Crippen LogP contribution is 2.30. The Hall–Kier alpha value is -1.46. The largest absolute Gasteiger partial charge is 0.310 e. The lowest BCUT2D eigenvalue weighted by molar-refractivity contribution is 0.616. The van der Waals surface area contributed by atoms with Crippen molar-refractivity contribution in [1.82, 2.24) is 15.3 Å². The standard InChI is InChI=1S/C14H14FN3S/c15-11-1-4-13(19-14-5-6-16-9-18-14)10(7-11)8-17-12-2-3-12/h1,4-7,9,12,17H,2-3,8H2. The van der Waals surface area contributed by atoms with E-state index in [1.807, 2.05) is 12.1 Å². The van der Waals surface area contributed by atoms with Crippen LogP contribution in [0.4, 0.5) is 4.39 Å². The number of aromatic nitrogens is 2. The Kier molecular flexibility index (Phi) is 3.75. The molecule has 0 amide bonds. The molecule has 98 valence electrons. The summed E-state index contributed by atoms with van der Waals surface area (Å²) in [5.41, 5.74) is 0.982. The van der Waals surface area contributed by atoms with Crippen LogP contribution >= 0.6 is 11.8 Å². The van der Waals surface area contributed by atoms with Gasteiger partial charge in [0, 0.05) is 23.7 Å². The number of nitrogens with one attached hydrogen (secondary N) is 1. The maximum atomic E-state index is 13.4. The van der Waals surface area contributed by atoms with Gasteiger partial charge >= 0.3 is 0 Å². The molecule has 1 fully saturated rings. The number of halogens is 1. The molecule has 0 radical (unpaired) electrons. The number of benzene rings is 1. The fourth-order valence-corrected chi connectivity index (χ4v) is 2.63. The van der Waals surface area contributed by atoms with E-state index in [0.717, 1.165) is 15.5 Å². The Bertz CT molecular complexity index is 558. The smallest absolute Gasteiger partial charge is 0.123 e. The van der Waals surface area contributed by atoms with Crippen molar-refractivity contribution in [2.24, 2.45) is 0 Å². The lowest BCUT2D eigenvalue weighted by Gasteiger charge is -2.09. The van der Waals surface area contributed by atoms with Crippen molar-refractivity contribution in [2.45, 2.75) is 35.3 Å². The second-order valence-electron chi connectivity index (χ2n) is 4.56. The molecule has 1 aliphatic carbocycles. The predicted octanol–water partition coefficient (Wildman–Crippen LogP) is 3.02. The lowest BCUT2D eigenvalue weighted by atomic mass is 10.2. The topological polar surface area (TPSA) is 37.8 Å². The van der Waals surface area contributed by atoms with E-state index in [0.29, 0.717) is 12.6 Å². The van der Waals surface area contributed by atoms with Gasteiger partial charge in [-0.2, -0.15) is 0 Å². The Morgan fingerprint density at radius 2 is 2.21 bits per heavy atom. The highest BCUT2D eigenvalue weighted by molar-refractivity contribution is 7.99. The van der Waals surface area contributed by atoms with Crippen LogP contribution in [0.25, 0.3) is 0 Å². The summed E-state index contributed by atoms with van der Waals surface area (Å²) in [5, 5.41) is 4.28. The van der Waals surface area contributed by atoms with Gasteiger partial charge < -0.3 is 5.32 Å². The zero-order valence-electron chi connectivity index (χ0n) is 10.3. The third-order valence-electron chi connectivity index (χ3n) is 2.95. The fourth-order valence-electron chi connectivity index (χ4n) is 1.78. The van der Waals surface area contributed by atoms with Crippen molar-refractivity contribution in [1.29, 1.82) is 0 Å². The van der Waals surface area contributed by atoms with Crippen LogP contribution < -0.4 is 5.32 Å². The molecule has 19 heavy (non-hydrogen) atoms. The molecule has 0 spiro atoms. The summed E-state index contributed by atoms with van der Waals surface area (Å²) in [5.74, 6) is -0.195. The minimum absolute atomic E-state index is 0.195. The first kappa shape index (κ1) is 12.6. The van der Waals surface area contributed by atoms with E-state index in [1.165, 1.54) is 37.0 Å². The molecule has 1 heterocycles. The number of rotatable bonds is 5. The van der Waals surface area contributed by atoms with Crippen LogP contribution in [0.15, 0.2) is 46.7 Å². The maximum Gasteiger partial charge on any atom is 0.123 e. The summed E-state index contributed by atoms with van der Waals surface area (Å²) >= 11 is 1.54. The fraction of sp³-hybridized carbons (Fsp3) is 0.286. The molecule has 1 aromatic heterocycles. The third-order valence-corrected chi connectivity index (χ3v) is 4.02. The molecule has 0 saturated heterocycles. The molecular weight excluding hydrogens is 261 g/mol. The average molecular weight is 275 g/mol. The molecule has 0 unspecified atom stereocenters. The Labute approximate surface area is 115 Å². The van der Waals surface area contributed by atoms with Crippen LogP contribution in [-0.4, -0.2) is 16.0 Å². The number of hydrogen-bond donors (Lipinski definition) is 1. The minimum atomic E-state index is -0.195. The molecule has 0 atom stereocenters. The third kappa shape index (κ3) is 3.52. The monoisotopic (exact) mass is 275 g/mol. The Morgan fingerprint density at radius 1 is 1.32 bits per heavy atom. The molecule has 1 aromatic carbocycles. The molecular formula is C14H14FN3S. The van der Waals surface area contributed by atoms with Crippen LogP contribution in [0.1, 0.15) is 18.4 Å². The van der Waals surface area contributed by atoms with E-state index in [4.69, 9.17) is 0 Å². The van der Waals surface area contributed by atoms with Gasteiger partial charge in [0.2, 0.25) is 0 Å². The number of hydrogen-bond acceptors (Lipinski definition) is 4. The van der Waals surface area contributed by atoms with Gasteiger partial charge in [0.05, 0.1) is 0 Å². The van der Waals surface area contributed by atoms with Crippen LogP contribution in [0.2, 0.25) is 0 Å². The molecule has 3 nitrogen and oxygen atoms in total. The van der Waals surface area contributed by atoms with Gasteiger partial charge in [0.1, 0.15) is 17.2 Å². The first-order valence-electron chi connectivity index (χ1n) is 6.27. The van der Waals surface area contributed by atoms with Gasteiger partial charge in [-0.1, -0.05) is 11.8 Å². The van der Waals surface area contributed by atoms with E-state index in [9.17, 15) is 4.39 Å². The van der Waals surface area contributed by atoms with E-state index in [-0.39, 0.29) is 5.82 Å². The second kappa shape index (κ2) is 5.67. The second-order valence-corrected chi connectivity index (χ2v) is 5.62. The molecule has 2 aromatic rings. The van der Waals surface area contributed by atoms with Gasteiger partial charge in [0.15, 0.2) is 0 Å². The summed E-state index contributed by atoms with van der Waals surface area (Å²) in [6.07, 6.45) is 5.68. The summed E-state index contributed by atoms with van der Waals surface area (Å²) in [6, 6.07) is 7.36. The van der Waals surface area contributed by atoms with Gasteiger partial charge in [-0.15, -0.1) is 0 Å². The van der Waals surface area contributed by atoms with Crippen molar-refractivity contribution < 1.29 is 4.39 Å². The summed E-state index contributed by atoms with van der Waals surface area (Å²) < 4.78 is 13.4. The normalized spacial score (nSPS) is 14.6. The molecule has 0 bridgehead atoms. The van der Waals surface area contributed by atoms with Gasteiger partial charge in [-0.25, -0.2) is 14.4 Å². The van der Waals surface area contributed by atoms with E-state index in [1.54, 1.807) is 12.3 Å². The molecule has 3 rings (SSSR count). The Balaban J connectivity index is 1.78. The Morgan fingerprint density at radius 3 is 2.95 bits per heavy atom. The van der Waals surface area contributed by atoms with Crippen LogP contribution in [0, 0.1) is 5.82 Å². The number of nitrogens with zero attached hydrogens (tertiary/aromatic N) is 2. The molecule has 1 N–H and O–H groups in total. The highest BCUT2D eigenvalue weighted by atomic mass is 32.2. The van der Waals surface area contributed by atoms with Crippen LogP contribution in [0.5, 0.6) is 0 Å². The zero-order chi connectivity index (χ0) is 13.1. The van der Waals surface area contributed by atoms with Gasteiger partial charge in [-0.3, -0.25) is 0 Å². The van der Waals surface area contributed by atoms with E-state index < -0.39 is 0 Å². The van der Waals surface area contributed by atoms with Gasteiger partial charge in [-0.05, 0) is 42.7 Å². The highest BCUT2D eigenvalue weighted by Gasteiger charge is 2.20. The SMILES string of the molecule is Fc1ccc(Sc2ccncn2)c(CNC2CC2)c1. The van der Waals surface area contributed by atoms with Crippen LogP contribution in [0.3, 0.4) is 0 Å². The first-order valence-corrected chi connectivity index (χ1v) is 7.08. The quantitative estimate of drug-likeness (QED) is 0.851. The molecule has 1 aliphatic rings. The van der Waals surface area contributed by atoms with E-state index in [2.05, 4.69) is 15.3 Å². The molecule has 0 aliphatic heterocycles. The van der Waals surface area contributed by atoms with Crippen molar-refractivity contribution in [2.75, 3.05) is 0 Å². The summed E-state index contributed by atoms with van der Waals surface area (Å²) in [7, 11) is 0. The maximum absolute atomic E-state index is 13.4. The lowest BCUT2D eigenvalue weighted by Crippen LogP contribution is -2.16. The molecule has 5 heteroatoms. The van der Waals surface area contributed by atoms with E-state index >= 15 is 0 Å². The van der Waals surface area contributed by atoms with Crippen molar-refractivity contribution >= 4 is 11.8 Å². The van der Waals surface area contributed by atoms with Crippen molar-refractivity contribution in [3.63, 3.8) is 0 Å². The van der Waals surface area contributed by atoms with Gasteiger partial charge in [0.25, 0.3) is 0 Å². The minimum Gasteiger partial charge on any atom is -0.310 e. The molecule has 1 saturated carbocycles. The zero-order valence-corrected chi connectivity index (χ0v) is 11.2. The summed E-state index contributed by atoms with van der Waals surface area (Å²) in [4.78, 5) is 9.11. The van der Waals surface area contributed by atoms with Crippen molar-refractivity contribution in [3.05, 3.63) is 48.2 Å². The first-order chi connectivity index (χ1) is 9.31. The van der Waals surface area contributed by atoms with Crippen molar-refractivity contribution in [3.8, 4) is 0 Å². The average Bonchev–Trinajstić information content (AvgIpc) is 3.24. The van der Waals surface area contributed by atoms with Crippen LogP contribution in [-0.2, 0) is 6.54 Å². The summed E-state index contributed by atoms with van der Waals surface area (Å²) in [6.45, 7) is 0.704.